The zero-order valence-electron chi connectivity index (χ0n) is 12.1. The fourth-order valence-electron chi connectivity index (χ4n) is 3.58. The van der Waals surface area contributed by atoms with E-state index in [1.54, 1.807) is 0 Å². The summed E-state index contributed by atoms with van der Waals surface area (Å²) in [5, 5.41) is 3.51. The summed E-state index contributed by atoms with van der Waals surface area (Å²) in [7, 11) is 0. The SMILES string of the molecule is CC(C)NCc1cccnc1N1CC2CCCC2C1. The number of nitrogens with one attached hydrogen (secondary N) is 1. The van der Waals surface area contributed by atoms with Gasteiger partial charge in [-0.3, -0.25) is 0 Å². The number of anilines is 1. The van der Waals surface area contributed by atoms with Gasteiger partial charge in [0, 0.05) is 37.4 Å². The maximum absolute atomic E-state index is 4.65. The van der Waals surface area contributed by atoms with Gasteiger partial charge in [0.1, 0.15) is 5.82 Å². The first-order chi connectivity index (χ1) is 9.24. The molecule has 0 bridgehead atoms. The van der Waals surface area contributed by atoms with E-state index in [4.69, 9.17) is 0 Å². The van der Waals surface area contributed by atoms with E-state index in [9.17, 15) is 0 Å². The smallest absolute Gasteiger partial charge is 0.133 e. The van der Waals surface area contributed by atoms with Crippen LogP contribution >= 0.6 is 0 Å². The first-order valence-electron chi connectivity index (χ1n) is 7.66. The molecule has 2 unspecified atom stereocenters. The second-order valence-electron chi connectivity index (χ2n) is 6.38. The highest BCUT2D eigenvalue weighted by atomic mass is 15.2. The molecular formula is C16H25N3. The number of aromatic nitrogens is 1. The van der Waals surface area contributed by atoms with Crippen molar-refractivity contribution in [3.05, 3.63) is 23.9 Å². The van der Waals surface area contributed by atoms with Gasteiger partial charge in [0.25, 0.3) is 0 Å². The third-order valence-corrected chi connectivity index (χ3v) is 4.59. The summed E-state index contributed by atoms with van der Waals surface area (Å²) in [6.07, 6.45) is 6.22. The molecule has 0 radical (unpaired) electrons. The summed E-state index contributed by atoms with van der Waals surface area (Å²) < 4.78 is 0. The number of rotatable bonds is 4. The van der Waals surface area contributed by atoms with E-state index in [1.165, 1.54) is 43.7 Å². The Morgan fingerprint density at radius 1 is 1.32 bits per heavy atom. The largest absolute Gasteiger partial charge is 0.356 e. The van der Waals surface area contributed by atoms with Crippen LogP contribution < -0.4 is 10.2 Å². The van der Waals surface area contributed by atoms with Crippen molar-refractivity contribution in [2.45, 2.75) is 45.7 Å². The van der Waals surface area contributed by atoms with Gasteiger partial charge in [0.15, 0.2) is 0 Å². The maximum atomic E-state index is 4.65. The zero-order chi connectivity index (χ0) is 13.2. The molecule has 0 aromatic carbocycles. The minimum atomic E-state index is 0.519. The lowest BCUT2D eigenvalue weighted by Crippen LogP contribution is -2.27. The van der Waals surface area contributed by atoms with Crippen molar-refractivity contribution >= 4 is 5.82 Å². The molecule has 1 saturated heterocycles. The minimum absolute atomic E-state index is 0.519. The van der Waals surface area contributed by atoms with Crippen LogP contribution in [0.5, 0.6) is 0 Å². The van der Waals surface area contributed by atoms with Crippen LogP contribution in [-0.4, -0.2) is 24.1 Å². The van der Waals surface area contributed by atoms with E-state index in [0.717, 1.165) is 18.4 Å². The lowest BCUT2D eigenvalue weighted by molar-refractivity contribution is 0.494. The van der Waals surface area contributed by atoms with Crippen LogP contribution in [0.3, 0.4) is 0 Å². The average Bonchev–Trinajstić information content (AvgIpc) is 2.97. The van der Waals surface area contributed by atoms with E-state index in [-0.39, 0.29) is 0 Å². The molecule has 2 atom stereocenters. The lowest BCUT2D eigenvalue weighted by Gasteiger charge is -2.22. The minimum Gasteiger partial charge on any atom is -0.356 e. The van der Waals surface area contributed by atoms with Gasteiger partial charge in [-0.1, -0.05) is 26.3 Å². The Morgan fingerprint density at radius 3 is 2.74 bits per heavy atom. The average molecular weight is 259 g/mol. The van der Waals surface area contributed by atoms with Crippen molar-refractivity contribution in [2.75, 3.05) is 18.0 Å². The van der Waals surface area contributed by atoms with Crippen molar-refractivity contribution in [2.24, 2.45) is 11.8 Å². The van der Waals surface area contributed by atoms with E-state index in [2.05, 4.69) is 41.2 Å². The molecule has 0 spiro atoms. The van der Waals surface area contributed by atoms with Gasteiger partial charge in [-0.15, -0.1) is 0 Å². The van der Waals surface area contributed by atoms with Crippen LogP contribution in [0.2, 0.25) is 0 Å². The maximum Gasteiger partial charge on any atom is 0.133 e. The normalized spacial score (nSPS) is 26.2. The molecule has 104 valence electrons. The topological polar surface area (TPSA) is 28.2 Å². The van der Waals surface area contributed by atoms with Crippen molar-refractivity contribution in [1.29, 1.82) is 0 Å². The standard InChI is InChI=1S/C16H25N3/c1-12(2)18-9-13-7-4-8-17-16(13)19-10-14-5-3-6-15(14)11-19/h4,7-8,12,14-15,18H,3,5-6,9-11H2,1-2H3. The summed E-state index contributed by atoms with van der Waals surface area (Å²) in [4.78, 5) is 7.17. The fraction of sp³-hybridized carbons (Fsp3) is 0.688. The third kappa shape index (κ3) is 2.76. The molecule has 1 aliphatic heterocycles. The van der Waals surface area contributed by atoms with Crippen LogP contribution in [-0.2, 0) is 6.54 Å². The second-order valence-corrected chi connectivity index (χ2v) is 6.38. The molecule has 1 aliphatic carbocycles. The number of hydrogen-bond donors (Lipinski definition) is 1. The number of fused-ring (bicyclic) bond motifs is 1. The van der Waals surface area contributed by atoms with Gasteiger partial charge >= 0.3 is 0 Å². The number of hydrogen-bond acceptors (Lipinski definition) is 3. The van der Waals surface area contributed by atoms with Crippen molar-refractivity contribution in [3.8, 4) is 0 Å². The highest BCUT2D eigenvalue weighted by Crippen LogP contribution is 2.39. The summed E-state index contributed by atoms with van der Waals surface area (Å²) in [6, 6.07) is 4.79. The van der Waals surface area contributed by atoms with Gasteiger partial charge in [-0.05, 0) is 30.7 Å². The first-order valence-corrected chi connectivity index (χ1v) is 7.66. The van der Waals surface area contributed by atoms with Crippen molar-refractivity contribution < 1.29 is 0 Å². The third-order valence-electron chi connectivity index (χ3n) is 4.59. The van der Waals surface area contributed by atoms with E-state index in [1.807, 2.05) is 6.20 Å². The van der Waals surface area contributed by atoms with Crippen LogP contribution in [0, 0.1) is 11.8 Å². The monoisotopic (exact) mass is 259 g/mol. The highest BCUT2D eigenvalue weighted by Gasteiger charge is 2.36. The molecule has 1 saturated carbocycles. The van der Waals surface area contributed by atoms with Gasteiger partial charge in [-0.2, -0.15) is 0 Å². The zero-order valence-corrected chi connectivity index (χ0v) is 12.1. The molecule has 3 rings (SSSR count). The molecular weight excluding hydrogens is 234 g/mol. The molecule has 1 aromatic rings. The Hall–Kier alpha value is -1.09. The highest BCUT2D eigenvalue weighted by molar-refractivity contribution is 5.48. The van der Waals surface area contributed by atoms with Gasteiger partial charge in [-0.25, -0.2) is 4.98 Å². The lowest BCUT2D eigenvalue weighted by atomic mass is 10.0. The van der Waals surface area contributed by atoms with E-state index >= 15 is 0 Å². The molecule has 19 heavy (non-hydrogen) atoms. The van der Waals surface area contributed by atoms with Gasteiger partial charge in [0.2, 0.25) is 0 Å². The van der Waals surface area contributed by atoms with Gasteiger partial charge in [0.05, 0.1) is 0 Å². The van der Waals surface area contributed by atoms with Crippen LogP contribution in [0.15, 0.2) is 18.3 Å². The number of nitrogens with zero attached hydrogens (tertiary/aromatic N) is 2. The molecule has 2 heterocycles. The Morgan fingerprint density at radius 2 is 2.05 bits per heavy atom. The Bertz CT molecular complexity index is 418. The summed E-state index contributed by atoms with van der Waals surface area (Å²) >= 11 is 0. The quantitative estimate of drug-likeness (QED) is 0.901. The van der Waals surface area contributed by atoms with Crippen LogP contribution in [0.25, 0.3) is 0 Å². The second kappa shape index (κ2) is 5.49. The summed E-state index contributed by atoms with van der Waals surface area (Å²) in [5.41, 5.74) is 1.34. The van der Waals surface area contributed by atoms with Gasteiger partial charge < -0.3 is 10.2 Å². The summed E-state index contributed by atoms with van der Waals surface area (Å²) in [5.74, 6) is 3.06. The molecule has 3 nitrogen and oxygen atoms in total. The van der Waals surface area contributed by atoms with Crippen LogP contribution in [0.4, 0.5) is 5.82 Å². The first kappa shape index (κ1) is 12.9. The molecule has 2 aliphatic rings. The van der Waals surface area contributed by atoms with E-state index in [0.29, 0.717) is 6.04 Å². The van der Waals surface area contributed by atoms with Crippen LogP contribution in [0.1, 0.15) is 38.7 Å². The Kier molecular flexibility index (Phi) is 3.74. The molecule has 1 N–H and O–H groups in total. The molecule has 2 fully saturated rings. The van der Waals surface area contributed by atoms with Crippen molar-refractivity contribution in [3.63, 3.8) is 0 Å². The Balaban J connectivity index is 1.73. The molecule has 1 aromatic heterocycles. The molecule has 0 amide bonds. The van der Waals surface area contributed by atoms with Crippen molar-refractivity contribution in [1.82, 2.24) is 10.3 Å². The predicted molar refractivity (Wildman–Crippen MR) is 79.3 cm³/mol. The molecule has 3 heteroatoms. The predicted octanol–water partition coefficient (Wildman–Crippen LogP) is 2.82. The van der Waals surface area contributed by atoms with E-state index < -0.39 is 0 Å². The number of pyridine rings is 1. The summed E-state index contributed by atoms with van der Waals surface area (Å²) in [6.45, 7) is 7.74. The fourth-order valence-corrected chi connectivity index (χ4v) is 3.58. The Labute approximate surface area is 116 Å².